The Hall–Kier alpha value is -1.75. The molecule has 0 aliphatic rings. The van der Waals surface area contributed by atoms with Crippen molar-refractivity contribution in [1.29, 1.82) is 0 Å². The van der Waals surface area contributed by atoms with Gasteiger partial charge in [-0.3, -0.25) is 0 Å². The molecule has 0 atom stereocenters. The van der Waals surface area contributed by atoms with Crippen molar-refractivity contribution < 1.29 is 13.2 Å². The lowest BCUT2D eigenvalue weighted by Gasteiger charge is -2.02. The maximum atomic E-state index is 13.1. The molecule has 3 nitrogen and oxygen atoms in total. The number of nitrogens with one attached hydrogen (secondary N) is 1. The molecule has 17 heavy (non-hydrogen) atoms. The number of nitrogens with zero attached hydrogens (tertiary/aromatic N) is 1. The Kier molecular flexibility index (Phi) is 3.49. The van der Waals surface area contributed by atoms with Gasteiger partial charge >= 0.3 is 0 Å². The van der Waals surface area contributed by atoms with Crippen LogP contribution in [0.5, 0.6) is 0 Å². The van der Waals surface area contributed by atoms with Crippen LogP contribution < -0.4 is 5.32 Å². The van der Waals surface area contributed by atoms with E-state index in [0.29, 0.717) is 23.6 Å². The highest BCUT2D eigenvalue weighted by Gasteiger charge is 2.12. The largest absolute Gasteiger partial charge is 0.443 e. The van der Waals surface area contributed by atoms with Gasteiger partial charge in [-0.05, 0) is 18.7 Å². The first-order chi connectivity index (χ1) is 8.20. The van der Waals surface area contributed by atoms with E-state index in [0.717, 1.165) is 12.6 Å². The number of oxazole rings is 1. The maximum Gasteiger partial charge on any atom is 0.181 e. The Morgan fingerprint density at radius 2 is 1.94 bits per heavy atom. The normalized spacial score (nSPS) is 10.8. The molecule has 0 aliphatic heterocycles. The number of halogens is 2. The minimum atomic E-state index is -0.634. The first-order valence-electron chi connectivity index (χ1n) is 5.30. The van der Waals surface area contributed by atoms with Crippen molar-refractivity contribution in [2.45, 2.75) is 13.5 Å². The molecule has 0 bridgehead atoms. The molecule has 1 heterocycles. The van der Waals surface area contributed by atoms with Gasteiger partial charge in [0.15, 0.2) is 12.2 Å². The van der Waals surface area contributed by atoms with Crippen LogP contribution in [-0.4, -0.2) is 11.5 Å². The zero-order valence-electron chi connectivity index (χ0n) is 9.34. The average molecular weight is 238 g/mol. The van der Waals surface area contributed by atoms with E-state index in [-0.39, 0.29) is 0 Å². The zero-order chi connectivity index (χ0) is 12.3. The smallest absolute Gasteiger partial charge is 0.181 e. The molecule has 1 aromatic carbocycles. The quantitative estimate of drug-likeness (QED) is 0.890. The summed E-state index contributed by atoms with van der Waals surface area (Å²) < 4.78 is 31.3. The minimum absolute atomic E-state index is 0.355. The second-order valence-electron chi connectivity index (χ2n) is 3.57. The van der Waals surface area contributed by atoms with Crippen LogP contribution in [-0.2, 0) is 6.54 Å². The molecular weight excluding hydrogens is 226 g/mol. The number of aromatic nitrogens is 1. The van der Waals surface area contributed by atoms with Gasteiger partial charge in [-0.1, -0.05) is 6.92 Å². The molecule has 0 aliphatic carbocycles. The van der Waals surface area contributed by atoms with E-state index in [1.807, 2.05) is 6.92 Å². The fraction of sp³-hybridized carbons (Fsp3) is 0.250. The molecule has 0 spiro atoms. The first-order valence-corrected chi connectivity index (χ1v) is 5.30. The van der Waals surface area contributed by atoms with Gasteiger partial charge in [0.1, 0.15) is 17.3 Å². The monoisotopic (exact) mass is 238 g/mol. The molecule has 90 valence electrons. The van der Waals surface area contributed by atoms with Gasteiger partial charge in [-0.25, -0.2) is 13.8 Å². The molecule has 0 fully saturated rings. The van der Waals surface area contributed by atoms with Gasteiger partial charge in [0.25, 0.3) is 0 Å². The third-order valence-corrected chi connectivity index (χ3v) is 2.31. The summed E-state index contributed by atoms with van der Waals surface area (Å²) in [7, 11) is 0. The Labute approximate surface area is 97.5 Å². The van der Waals surface area contributed by atoms with Crippen molar-refractivity contribution in [1.82, 2.24) is 10.3 Å². The van der Waals surface area contributed by atoms with E-state index in [9.17, 15) is 8.78 Å². The van der Waals surface area contributed by atoms with Crippen molar-refractivity contribution in [3.05, 3.63) is 41.9 Å². The van der Waals surface area contributed by atoms with Crippen LogP contribution in [0.1, 0.15) is 12.6 Å². The molecule has 1 N–H and O–H groups in total. The lowest BCUT2D eigenvalue weighted by atomic mass is 10.1. The van der Waals surface area contributed by atoms with Gasteiger partial charge in [-0.2, -0.15) is 0 Å². The van der Waals surface area contributed by atoms with Gasteiger partial charge in [0.2, 0.25) is 0 Å². The second kappa shape index (κ2) is 5.05. The molecule has 0 amide bonds. The van der Waals surface area contributed by atoms with E-state index in [4.69, 9.17) is 4.42 Å². The number of rotatable bonds is 4. The van der Waals surface area contributed by atoms with E-state index < -0.39 is 11.6 Å². The minimum Gasteiger partial charge on any atom is -0.443 e. The third kappa shape index (κ3) is 2.68. The summed E-state index contributed by atoms with van der Waals surface area (Å²) >= 11 is 0. The van der Waals surface area contributed by atoms with Crippen LogP contribution in [0.3, 0.4) is 0 Å². The highest BCUT2D eigenvalue weighted by Crippen LogP contribution is 2.24. The van der Waals surface area contributed by atoms with Gasteiger partial charge < -0.3 is 9.73 Å². The molecule has 1 aromatic heterocycles. The van der Waals surface area contributed by atoms with E-state index in [1.165, 1.54) is 18.5 Å². The maximum absolute atomic E-state index is 13.1. The third-order valence-electron chi connectivity index (χ3n) is 2.31. The molecule has 2 rings (SSSR count). The second-order valence-corrected chi connectivity index (χ2v) is 3.57. The Balaban J connectivity index is 2.35. The van der Waals surface area contributed by atoms with Gasteiger partial charge in [0.05, 0.1) is 0 Å². The standard InChI is InChI=1S/C12H12F2N2O/c1-2-15-6-11-12(17-7-16-11)8-3-9(13)5-10(14)4-8/h3-5,7,15H,2,6H2,1H3. The van der Waals surface area contributed by atoms with Crippen LogP contribution in [0.25, 0.3) is 11.3 Å². The fourth-order valence-electron chi connectivity index (χ4n) is 1.56. The van der Waals surface area contributed by atoms with Crippen molar-refractivity contribution in [2.24, 2.45) is 0 Å². The summed E-state index contributed by atoms with van der Waals surface area (Å²) in [5, 5.41) is 3.08. The molecule has 2 aromatic rings. The SMILES string of the molecule is CCNCc1ncoc1-c1cc(F)cc(F)c1. The van der Waals surface area contributed by atoms with Crippen LogP contribution in [0.4, 0.5) is 8.78 Å². The molecule has 0 saturated carbocycles. The van der Waals surface area contributed by atoms with Crippen LogP contribution in [0, 0.1) is 11.6 Å². The Bertz CT molecular complexity index is 491. The highest BCUT2D eigenvalue weighted by atomic mass is 19.1. The highest BCUT2D eigenvalue weighted by molar-refractivity contribution is 5.59. The van der Waals surface area contributed by atoms with Gasteiger partial charge in [-0.15, -0.1) is 0 Å². The zero-order valence-corrected chi connectivity index (χ0v) is 9.34. The predicted octanol–water partition coefficient (Wildman–Crippen LogP) is 2.73. The summed E-state index contributed by atoms with van der Waals surface area (Å²) in [4.78, 5) is 4.02. The summed E-state index contributed by atoms with van der Waals surface area (Å²) in [6.45, 7) is 3.24. The Morgan fingerprint density at radius 3 is 2.59 bits per heavy atom. The molecule has 0 unspecified atom stereocenters. The van der Waals surface area contributed by atoms with Crippen molar-refractivity contribution in [3.8, 4) is 11.3 Å². The average Bonchev–Trinajstić information content (AvgIpc) is 2.73. The Morgan fingerprint density at radius 1 is 1.24 bits per heavy atom. The van der Waals surface area contributed by atoms with E-state index in [1.54, 1.807) is 0 Å². The predicted molar refractivity (Wildman–Crippen MR) is 59.2 cm³/mol. The van der Waals surface area contributed by atoms with E-state index >= 15 is 0 Å². The topological polar surface area (TPSA) is 38.1 Å². The van der Waals surface area contributed by atoms with Crippen LogP contribution in [0.15, 0.2) is 29.0 Å². The summed E-state index contributed by atoms with van der Waals surface area (Å²) in [5.74, 6) is -0.874. The number of hydrogen-bond acceptors (Lipinski definition) is 3. The number of hydrogen-bond donors (Lipinski definition) is 1. The van der Waals surface area contributed by atoms with Crippen LogP contribution in [0.2, 0.25) is 0 Å². The van der Waals surface area contributed by atoms with Crippen molar-refractivity contribution >= 4 is 0 Å². The lowest BCUT2D eigenvalue weighted by molar-refractivity contribution is 0.561. The number of benzene rings is 1. The first kappa shape index (κ1) is 11.7. The summed E-state index contributed by atoms with van der Waals surface area (Å²) in [6, 6.07) is 3.27. The summed E-state index contributed by atoms with van der Waals surface area (Å²) in [5.41, 5.74) is 0.991. The van der Waals surface area contributed by atoms with Crippen LogP contribution >= 0.6 is 0 Å². The molecule has 0 radical (unpaired) electrons. The molecular formula is C12H12F2N2O. The van der Waals surface area contributed by atoms with Gasteiger partial charge in [0, 0.05) is 18.2 Å². The fourth-order valence-corrected chi connectivity index (χ4v) is 1.56. The molecule has 0 saturated heterocycles. The van der Waals surface area contributed by atoms with E-state index in [2.05, 4.69) is 10.3 Å². The lowest BCUT2D eigenvalue weighted by Crippen LogP contribution is -2.12. The summed E-state index contributed by atoms with van der Waals surface area (Å²) in [6.07, 6.45) is 1.27. The van der Waals surface area contributed by atoms with Crippen molar-refractivity contribution in [3.63, 3.8) is 0 Å². The van der Waals surface area contributed by atoms with Crippen molar-refractivity contribution in [2.75, 3.05) is 6.54 Å². The molecule has 5 heteroatoms.